The van der Waals surface area contributed by atoms with Crippen molar-refractivity contribution in [3.8, 4) is 11.8 Å². The Kier molecular flexibility index (Phi) is 3.17. The maximum atomic E-state index is 12.7. The van der Waals surface area contributed by atoms with Crippen molar-refractivity contribution in [1.82, 2.24) is 4.57 Å². The number of fused-ring (bicyclic) bond motifs is 1. The summed E-state index contributed by atoms with van der Waals surface area (Å²) in [6.45, 7) is 0. The van der Waals surface area contributed by atoms with E-state index in [1.54, 1.807) is 54.3 Å². The fourth-order valence-corrected chi connectivity index (χ4v) is 2.34. The van der Waals surface area contributed by atoms with Gasteiger partial charge in [0.2, 0.25) is 0 Å². The average Bonchev–Trinajstić information content (AvgIpc) is 2.97. The fraction of sp³-hybridized carbons (Fsp3) is 0.0588. The number of para-hydroxylation sites is 1. The predicted molar refractivity (Wildman–Crippen MR) is 79.4 cm³/mol. The molecule has 1 heterocycles. The monoisotopic (exact) mass is 276 g/mol. The van der Waals surface area contributed by atoms with Gasteiger partial charge < -0.3 is 4.74 Å². The molecule has 21 heavy (non-hydrogen) atoms. The second-order valence-electron chi connectivity index (χ2n) is 4.58. The van der Waals surface area contributed by atoms with Crippen LogP contribution in [0.4, 0.5) is 0 Å². The maximum Gasteiger partial charge on any atom is 0.266 e. The van der Waals surface area contributed by atoms with Gasteiger partial charge in [0.15, 0.2) is 0 Å². The lowest BCUT2D eigenvalue weighted by molar-refractivity contribution is 0.0962. The predicted octanol–water partition coefficient (Wildman–Crippen LogP) is 3.21. The van der Waals surface area contributed by atoms with Gasteiger partial charge in [0.25, 0.3) is 5.91 Å². The van der Waals surface area contributed by atoms with Gasteiger partial charge in [0.1, 0.15) is 5.75 Å². The van der Waals surface area contributed by atoms with Gasteiger partial charge in [-0.25, -0.2) is 0 Å². The second kappa shape index (κ2) is 5.14. The van der Waals surface area contributed by atoms with E-state index in [1.165, 1.54) is 0 Å². The SMILES string of the molecule is COc1ccccc1C(=O)n1ccc2cc(C#N)ccc21. The molecule has 0 atom stereocenters. The molecule has 4 heteroatoms. The normalized spacial score (nSPS) is 10.3. The molecule has 0 spiro atoms. The molecule has 2 aromatic carbocycles. The third-order valence-corrected chi connectivity index (χ3v) is 3.38. The summed E-state index contributed by atoms with van der Waals surface area (Å²) in [5.74, 6) is 0.380. The highest BCUT2D eigenvalue weighted by molar-refractivity contribution is 6.04. The average molecular weight is 276 g/mol. The van der Waals surface area contributed by atoms with Gasteiger partial charge in [-0.15, -0.1) is 0 Å². The number of carbonyl (C=O) groups is 1. The molecule has 0 saturated carbocycles. The van der Waals surface area contributed by atoms with E-state index in [1.807, 2.05) is 12.1 Å². The number of rotatable bonds is 2. The summed E-state index contributed by atoms with van der Waals surface area (Å²) in [5, 5.41) is 9.78. The largest absolute Gasteiger partial charge is 0.496 e. The van der Waals surface area contributed by atoms with Crippen molar-refractivity contribution in [2.75, 3.05) is 7.11 Å². The summed E-state index contributed by atoms with van der Waals surface area (Å²) in [6, 6.07) is 16.3. The third-order valence-electron chi connectivity index (χ3n) is 3.38. The van der Waals surface area contributed by atoms with Crippen LogP contribution < -0.4 is 4.74 Å². The van der Waals surface area contributed by atoms with E-state index in [0.717, 1.165) is 10.9 Å². The minimum atomic E-state index is -0.160. The van der Waals surface area contributed by atoms with Gasteiger partial charge >= 0.3 is 0 Å². The number of nitrogens with zero attached hydrogens (tertiary/aromatic N) is 2. The van der Waals surface area contributed by atoms with Crippen LogP contribution in [0.3, 0.4) is 0 Å². The van der Waals surface area contributed by atoms with E-state index < -0.39 is 0 Å². The van der Waals surface area contributed by atoms with Crippen LogP contribution in [0.15, 0.2) is 54.7 Å². The number of ether oxygens (including phenoxy) is 1. The van der Waals surface area contributed by atoms with Gasteiger partial charge in [0.05, 0.1) is 29.8 Å². The summed E-state index contributed by atoms with van der Waals surface area (Å²) >= 11 is 0. The van der Waals surface area contributed by atoms with E-state index in [0.29, 0.717) is 16.9 Å². The molecule has 0 aliphatic carbocycles. The Morgan fingerprint density at radius 3 is 2.76 bits per heavy atom. The van der Waals surface area contributed by atoms with Crippen LogP contribution >= 0.6 is 0 Å². The van der Waals surface area contributed by atoms with Crippen LogP contribution in [0.2, 0.25) is 0 Å². The van der Waals surface area contributed by atoms with Crippen molar-refractivity contribution in [3.63, 3.8) is 0 Å². The first-order chi connectivity index (χ1) is 10.2. The highest BCUT2D eigenvalue weighted by Crippen LogP contribution is 2.23. The number of aromatic nitrogens is 1. The van der Waals surface area contributed by atoms with Crippen molar-refractivity contribution in [1.29, 1.82) is 5.26 Å². The number of hydrogen-bond donors (Lipinski definition) is 0. The smallest absolute Gasteiger partial charge is 0.266 e. The van der Waals surface area contributed by atoms with E-state index in [4.69, 9.17) is 10.00 Å². The first-order valence-corrected chi connectivity index (χ1v) is 6.43. The molecular weight excluding hydrogens is 264 g/mol. The lowest BCUT2D eigenvalue weighted by Gasteiger charge is -2.08. The molecule has 0 unspecified atom stereocenters. The zero-order valence-electron chi connectivity index (χ0n) is 11.4. The van der Waals surface area contributed by atoms with Crippen LogP contribution in [0.1, 0.15) is 15.9 Å². The number of nitriles is 1. The molecule has 0 amide bonds. The molecule has 0 bridgehead atoms. The van der Waals surface area contributed by atoms with Gasteiger partial charge in [-0.05, 0) is 36.4 Å². The molecule has 0 saturated heterocycles. The minimum absolute atomic E-state index is 0.160. The lowest BCUT2D eigenvalue weighted by atomic mass is 10.1. The van der Waals surface area contributed by atoms with Gasteiger partial charge in [-0.2, -0.15) is 5.26 Å². The third kappa shape index (κ3) is 2.15. The fourth-order valence-electron chi connectivity index (χ4n) is 2.34. The molecular formula is C17H12N2O2. The van der Waals surface area contributed by atoms with Crippen molar-refractivity contribution >= 4 is 16.8 Å². The summed E-state index contributed by atoms with van der Waals surface area (Å²) in [5.41, 5.74) is 1.84. The Hall–Kier alpha value is -3.06. The van der Waals surface area contributed by atoms with Crippen molar-refractivity contribution < 1.29 is 9.53 Å². The highest BCUT2D eigenvalue weighted by Gasteiger charge is 2.15. The van der Waals surface area contributed by atoms with E-state index in [-0.39, 0.29) is 5.91 Å². The highest BCUT2D eigenvalue weighted by atomic mass is 16.5. The maximum absolute atomic E-state index is 12.7. The van der Waals surface area contributed by atoms with Gasteiger partial charge in [0, 0.05) is 11.6 Å². The van der Waals surface area contributed by atoms with Crippen molar-refractivity contribution in [2.24, 2.45) is 0 Å². The molecule has 0 aliphatic heterocycles. The zero-order chi connectivity index (χ0) is 14.8. The van der Waals surface area contributed by atoms with Crippen molar-refractivity contribution in [3.05, 3.63) is 65.9 Å². The Morgan fingerprint density at radius 1 is 1.19 bits per heavy atom. The summed E-state index contributed by atoms with van der Waals surface area (Å²) < 4.78 is 6.80. The summed E-state index contributed by atoms with van der Waals surface area (Å²) in [7, 11) is 1.54. The molecule has 0 fully saturated rings. The van der Waals surface area contributed by atoms with Crippen LogP contribution in [0.25, 0.3) is 10.9 Å². The van der Waals surface area contributed by atoms with E-state index in [2.05, 4.69) is 6.07 Å². The Morgan fingerprint density at radius 2 is 2.00 bits per heavy atom. The van der Waals surface area contributed by atoms with E-state index >= 15 is 0 Å². The molecule has 0 aliphatic rings. The molecule has 102 valence electrons. The molecule has 3 rings (SSSR count). The number of carbonyl (C=O) groups excluding carboxylic acids is 1. The zero-order valence-corrected chi connectivity index (χ0v) is 11.4. The van der Waals surface area contributed by atoms with Crippen LogP contribution in [-0.4, -0.2) is 17.6 Å². The molecule has 0 N–H and O–H groups in total. The van der Waals surface area contributed by atoms with Gasteiger partial charge in [-0.1, -0.05) is 12.1 Å². The Labute approximate surface area is 121 Å². The first kappa shape index (κ1) is 12.9. The van der Waals surface area contributed by atoms with Crippen LogP contribution in [0, 0.1) is 11.3 Å². The second-order valence-corrected chi connectivity index (χ2v) is 4.58. The van der Waals surface area contributed by atoms with Crippen LogP contribution in [-0.2, 0) is 0 Å². The number of hydrogen-bond acceptors (Lipinski definition) is 3. The summed E-state index contributed by atoms with van der Waals surface area (Å²) in [4.78, 5) is 12.7. The lowest BCUT2D eigenvalue weighted by Crippen LogP contribution is -2.11. The van der Waals surface area contributed by atoms with E-state index in [9.17, 15) is 4.79 Å². The molecule has 1 aromatic heterocycles. The Bertz CT molecular complexity index is 872. The topological polar surface area (TPSA) is 55.0 Å². The standard InChI is InChI=1S/C17H12N2O2/c1-21-16-5-3-2-4-14(16)17(20)19-9-8-13-10-12(11-18)6-7-15(13)19/h2-10H,1H3. The van der Waals surface area contributed by atoms with Gasteiger partial charge in [-0.3, -0.25) is 9.36 Å². The quantitative estimate of drug-likeness (QED) is 0.722. The van der Waals surface area contributed by atoms with Crippen LogP contribution in [0.5, 0.6) is 5.75 Å². The minimum Gasteiger partial charge on any atom is -0.496 e. The number of methoxy groups -OCH3 is 1. The molecule has 0 radical (unpaired) electrons. The Balaban J connectivity index is 2.12. The first-order valence-electron chi connectivity index (χ1n) is 6.43. The van der Waals surface area contributed by atoms with Crippen molar-refractivity contribution in [2.45, 2.75) is 0 Å². The number of benzene rings is 2. The molecule has 3 aromatic rings. The molecule has 4 nitrogen and oxygen atoms in total. The summed E-state index contributed by atoms with van der Waals surface area (Å²) in [6.07, 6.45) is 1.71.